The highest BCUT2D eigenvalue weighted by Crippen LogP contribution is 2.22. The second-order valence-electron chi connectivity index (χ2n) is 7.82. The molecule has 1 fully saturated rings. The molecule has 2 N–H and O–H groups in total. The quantitative estimate of drug-likeness (QED) is 0.653. The van der Waals surface area contributed by atoms with E-state index in [0.717, 1.165) is 25.9 Å². The first-order chi connectivity index (χ1) is 13.8. The van der Waals surface area contributed by atoms with Crippen LogP contribution in [0.5, 0.6) is 0 Å². The molecule has 1 aliphatic rings. The first-order valence-electron chi connectivity index (χ1n) is 10.5. The molecule has 0 radical (unpaired) electrons. The maximum absolute atomic E-state index is 12.6. The molecular weight excluding hydrogens is 368 g/mol. The molecule has 7 heteroatoms. The SMILES string of the molecule is CCc1cc(CC)cc(N2CCN(C(=O)CCC(C)(C=O)NC(=O)NC)CC2)c1. The van der Waals surface area contributed by atoms with Gasteiger partial charge in [0.05, 0.1) is 5.54 Å². The van der Waals surface area contributed by atoms with Crippen LogP contribution in [0.25, 0.3) is 0 Å². The molecule has 1 unspecified atom stereocenters. The molecule has 1 saturated heterocycles. The predicted octanol–water partition coefficient (Wildman–Crippen LogP) is 2.13. The Bertz CT molecular complexity index is 707. The lowest BCUT2D eigenvalue weighted by Crippen LogP contribution is -2.52. The molecule has 0 aliphatic carbocycles. The van der Waals surface area contributed by atoms with Gasteiger partial charge >= 0.3 is 6.03 Å². The fraction of sp³-hybridized carbons (Fsp3) is 0.591. The van der Waals surface area contributed by atoms with Crippen LogP contribution in [0.2, 0.25) is 0 Å². The number of rotatable bonds is 8. The van der Waals surface area contributed by atoms with E-state index in [9.17, 15) is 14.4 Å². The molecule has 1 aliphatic heterocycles. The van der Waals surface area contributed by atoms with E-state index in [-0.39, 0.29) is 18.7 Å². The number of hydrogen-bond donors (Lipinski definition) is 2. The minimum absolute atomic E-state index is 0.0213. The number of benzene rings is 1. The molecule has 1 aromatic rings. The van der Waals surface area contributed by atoms with Crippen LogP contribution in [0.15, 0.2) is 18.2 Å². The Labute approximate surface area is 173 Å². The standard InChI is InChI=1S/C22H34N4O3/c1-5-17-13-18(6-2)15-19(14-17)25-9-11-26(12-10-25)20(28)7-8-22(3,16-27)24-21(29)23-4/h13-16H,5-12H2,1-4H3,(H2,23,24,29). The number of hydrogen-bond acceptors (Lipinski definition) is 4. The van der Waals surface area contributed by atoms with Gasteiger partial charge in [-0.15, -0.1) is 0 Å². The molecular formula is C22H34N4O3. The van der Waals surface area contributed by atoms with E-state index in [1.165, 1.54) is 23.9 Å². The van der Waals surface area contributed by atoms with Crippen LogP contribution in [0.3, 0.4) is 0 Å². The minimum Gasteiger partial charge on any atom is -0.368 e. The maximum Gasteiger partial charge on any atom is 0.315 e. The van der Waals surface area contributed by atoms with E-state index >= 15 is 0 Å². The Morgan fingerprint density at radius 2 is 1.66 bits per heavy atom. The summed E-state index contributed by atoms with van der Waals surface area (Å²) in [7, 11) is 1.49. The van der Waals surface area contributed by atoms with Crippen molar-refractivity contribution in [1.29, 1.82) is 0 Å². The highest BCUT2D eigenvalue weighted by atomic mass is 16.2. The summed E-state index contributed by atoms with van der Waals surface area (Å²) in [6.45, 7) is 8.89. The highest BCUT2D eigenvalue weighted by Gasteiger charge is 2.28. The lowest BCUT2D eigenvalue weighted by atomic mass is 9.97. The fourth-order valence-corrected chi connectivity index (χ4v) is 3.55. The topological polar surface area (TPSA) is 81.8 Å². The van der Waals surface area contributed by atoms with E-state index in [1.807, 2.05) is 4.90 Å². The van der Waals surface area contributed by atoms with Crippen molar-refractivity contribution < 1.29 is 14.4 Å². The third kappa shape index (κ3) is 6.21. The molecule has 160 valence electrons. The zero-order chi connectivity index (χ0) is 21.4. The van der Waals surface area contributed by atoms with Crippen LogP contribution < -0.4 is 15.5 Å². The summed E-state index contributed by atoms with van der Waals surface area (Å²) >= 11 is 0. The summed E-state index contributed by atoms with van der Waals surface area (Å²) in [4.78, 5) is 39.7. The van der Waals surface area contributed by atoms with Gasteiger partial charge in [0.25, 0.3) is 0 Å². The number of carbonyl (C=O) groups is 3. The van der Waals surface area contributed by atoms with E-state index in [1.54, 1.807) is 6.92 Å². The molecule has 2 rings (SSSR count). The van der Waals surface area contributed by atoms with Crippen molar-refractivity contribution >= 4 is 23.9 Å². The predicted molar refractivity (Wildman–Crippen MR) is 115 cm³/mol. The summed E-state index contributed by atoms with van der Waals surface area (Å²) in [6.07, 6.45) is 3.23. The Kier molecular flexibility index (Phi) is 8.05. The van der Waals surface area contributed by atoms with Gasteiger partial charge in [0.2, 0.25) is 5.91 Å². The normalized spacial score (nSPS) is 16.1. The number of aldehydes is 1. The number of amides is 3. The number of carbonyl (C=O) groups excluding carboxylic acids is 3. The summed E-state index contributed by atoms with van der Waals surface area (Å²) in [5.74, 6) is 0.0213. The van der Waals surface area contributed by atoms with Crippen LogP contribution in [0, 0.1) is 0 Å². The van der Waals surface area contributed by atoms with Gasteiger partial charge in [0, 0.05) is 45.3 Å². The van der Waals surface area contributed by atoms with Gasteiger partial charge < -0.3 is 25.2 Å². The Balaban J connectivity index is 1.91. The van der Waals surface area contributed by atoms with Crippen LogP contribution >= 0.6 is 0 Å². The highest BCUT2D eigenvalue weighted by molar-refractivity contribution is 5.81. The number of anilines is 1. The maximum atomic E-state index is 12.6. The van der Waals surface area contributed by atoms with E-state index in [0.29, 0.717) is 19.4 Å². The lowest BCUT2D eigenvalue weighted by Gasteiger charge is -2.37. The number of nitrogens with one attached hydrogen (secondary N) is 2. The summed E-state index contributed by atoms with van der Waals surface area (Å²) < 4.78 is 0. The Hall–Kier alpha value is -2.57. The first kappa shape index (κ1) is 22.7. The number of piperazine rings is 1. The first-order valence-corrected chi connectivity index (χ1v) is 10.5. The zero-order valence-corrected chi connectivity index (χ0v) is 18.1. The number of nitrogens with zero attached hydrogens (tertiary/aromatic N) is 2. The molecule has 1 atom stereocenters. The molecule has 3 amide bonds. The van der Waals surface area contributed by atoms with Crippen LogP contribution in [-0.2, 0) is 22.4 Å². The zero-order valence-electron chi connectivity index (χ0n) is 18.1. The molecule has 7 nitrogen and oxygen atoms in total. The Morgan fingerprint density at radius 3 is 2.14 bits per heavy atom. The van der Waals surface area contributed by atoms with Crippen molar-refractivity contribution in [1.82, 2.24) is 15.5 Å². The van der Waals surface area contributed by atoms with E-state index < -0.39 is 11.6 Å². The monoisotopic (exact) mass is 402 g/mol. The average Bonchev–Trinajstić information content (AvgIpc) is 2.77. The largest absolute Gasteiger partial charge is 0.368 e. The van der Waals surface area contributed by atoms with Gasteiger partial charge in [0.1, 0.15) is 6.29 Å². The molecule has 0 saturated carbocycles. The minimum atomic E-state index is -1.05. The second-order valence-corrected chi connectivity index (χ2v) is 7.82. The van der Waals surface area contributed by atoms with Crippen molar-refractivity contribution in [2.24, 2.45) is 0 Å². The van der Waals surface area contributed by atoms with Gasteiger partial charge in [-0.3, -0.25) is 4.79 Å². The van der Waals surface area contributed by atoms with Gasteiger partial charge in [-0.05, 0) is 49.4 Å². The number of aryl methyl sites for hydroxylation is 2. The molecule has 0 aromatic heterocycles. The van der Waals surface area contributed by atoms with Crippen molar-refractivity contribution in [3.63, 3.8) is 0 Å². The molecule has 1 heterocycles. The molecule has 1 aromatic carbocycles. The van der Waals surface area contributed by atoms with Crippen molar-refractivity contribution in [3.05, 3.63) is 29.3 Å². The van der Waals surface area contributed by atoms with Gasteiger partial charge in [0.15, 0.2) is 0 Å². The Morgan fingerprint density at radius 1 is 1.07 bits per heavy atom. The van der Waals surface area contributed by atoms with E-state index in [2.05, 4.69) is 47.6 Å². The molecule has 29 heavy (non-hydrogen) atoms. The second kappa shape index (κ2) is 10.3. The molecule has 0 bridgehead atoms. The average molecular weight is 403 g/mol. The summed E-state index contributed by atoms with van der Waals surface area (Å²) in [6, 6.07) is 6.33. The van der Waals surface area contributed by atoms with Crippen molar-refractivity contribution in [2.45, 2.75) is 52.0 Å². The van der Waals surface area contributed by atoms with Crippen LogP contribution in [-0.4, -0.2) is 61.9 Å². The smallest absolute Gasteiger partial charge is 0.315 e. The van der Waals surface area contributed by atoms with Gasteiger partial charge in [-0.2, -0.15) is 0 Å². The van der Waals surface area contributed by atoms with E-state index in [4.69, 9.17) is 0 Å². The van der Waals surface area contributed by atoms with Crippen LogP contribution in [0.4, 0.5) is 10.5 Å². The van der Waals surface area contributed by atoms with Crippen molar-refractivity contribution in [3.8, 4) is 0 Å². The summed E-state index contributed by atoms with van der Waals surface area (Å²) in [5, 5.41) is 5.04. The third-order valence-corrected chi connectivity index (χ3v) is 5.60. The van der Waals surface area contributed by atoms with Crippen molar-refractivity contribution in [2.75, 3.05) is 38.1 Å². The van der Waals surface area contributed by atoms with Crippen LogP contribution in [0.1, 0.15) is 44.7 Å². The van der Waals surface area contributed by atoms with Gasteiger partial charge in [-0.25, -0.2) is 4.79 Å². The third-order valence-electron chi connectivity index (χ3n) is 5.60. The summed E-state index contributed by atoms with van der Waals surface area (Å²) in [5.41, 5.74) is 2.87. The number of urea groups is 1. The molecule has 0 spiro atoms. The lowest BCUT2D eigenvalue weighted by molar-refractivity contribution is -0.132. The van der Waals surface area contributed by atoms with Gasteiger partial charge in [-0.1, -0.05) is 19.9 Å². The fourth-order valence-electron chi connectivity index (χ4n) is 3.55.